The van der Waals surface area contributed by atoms with Crippen LogP contribution in [0.1, 0.15) is 307 Å². The Morgan fingerprint density at radius 2 is 0.426 bits per heavy atom. The molecule has 5 aliphatic heterocycles. The quantitative estimate of drug-likeness (QED) is 0.0197. The first-order chi connectivity index (χ1) is 53.4. The van der Waals surface area contributed by atoms with Gasteiger partial charge in [0.05, 0.1) is 73.7 Å². The van der Waals surface area contributed by atoms with Crippen molar-refractivity contribution in [2.24, 2.45) is 71.0 Å². The van der Waals surface area contributed by atoms with Gasteiger partial charge in [-0.25, -0.2) is 0 Å². The summed E-state index contributed by atoms with van der Waals surface area (Å²) in [7, 11) is 0. The number of rotatable bonds is 40. The van der Waals surface area contributed by atoms with E-state index in [1.807, 2.05) is 49.6 Å². The van der Waals surface area contributed by atoms with Gasteiger partial charge in [-0.2, -0.15) is 0 Å². The van der Waals surface area contributed by atoms with Crippen molar-refractivity contribution in [2.75, 3.05) is 26.4 Å². The highest BCUT2D eigenvalue weighted by molar-refractivity contribution is 5.36. The lowest BCUT2D eigenvalue weighted by atomic mass is 9.59. The van der Waals surface area contributed by atoms with Crippen molar-refractivity contribution in [3.05, 3.63) is 120 Å². The van der Waals surface area contributed by atoms with Crippen LogP contribution in [0.15, 0.2) is 98.1 Å². The maximum atomic E-state index is 7.94. The Balaban J connectivity index is 1.04. The Labute approximate surface area is 654 Å². The number of fused-ring (bicyclic) bond motifs is 20. The molecule has 9 aliphatic rings. The molecule has 4 aliphatic carbocycles. The first kappa shape index (κ1) is 82.1. The van der Waals surface area contributed by atoms with Gasteiger partial charge in [0.2, 0.25) is 0 Å². The standard InChI is InChI=1S/C92H148N12O4/c1-9-17-25-29-33-61-37-39-63(35-31-27-19-11-3)75-73(61)85-97-86-74-62(34-30-26-18-10-2)38-40-64(36-32-28-20-12-4)76(74)88(99-86)101-90-78-80(84(108-60-24-16-8)72(68-47-55-96-56-48-68)70(66-43-51-94-52-44-66)82(78)106-58-22-14-6)92(103-90)104-91-79-77(89(102-91)100-87(75)98-85)81(105-57-21-13-5)69(65-41-49-93-50-42-65)71(67-45-53-95-54-46-67)83(79)107-59-23-15-7/h41-56,61-64,69-92,97-104H,9-40,57-60H2,1-8H3. The third-order valence-electron chi connectivity index (χ3n) is 28.7. The van der Waals surface area contributed by atoms with Gasteiger partial charge in [-0.05, 0) is 169 Å². The Bertz CT molecular complexity index is 2940. The fourth-order valence-electron chi connectivity index (χ4n) is 23.8. The summed E-state index contributed by atoms with van der Waals surface area (Å²) in [6, 6.07) is 18.3. The molecule has 0 radical (unpaired) electrons. The molecule has 108 heavy (non-hydrogen) atoms. The zero-order chi connectivity index (χ0) is 74.6. The molecular weight excluding hydrogens is 1340 g/mol. The van der Waals surface area contributed by atoms with E-state index in [4.69, 9.17) is 81.4 Å². The second-order valence-corrected chi connectivity index (χ2v) is 35.3. The van der Waals surface area contributed by atoms with Crippen LogP contribution in [0.25, 0.3) is 0 Å². The molecular formula is C92H148N12O4. The zero-order valence-electron chi connectivity index (χ0n) is 68.3. The molecule has 28 unspecified atom stereocenters. The predicted molar refractivity (Wildman–Crippen MR) is 437 cm³/mol. The Morgan fingerprint density at radius 3 is 0.611 bits per heavy atom. The van der Waals surface area contributed by atoms with E-state index in [0.29, 0.717) is 73.8 Å². The van der Waals surface area contributed by atoms with Crippen molar-refractivity contribution in [3.63, 3.8) is 0 Å². The van der Waals surface area contributed by atoms with Gasteiger partial charge in [0.1, 0.15) is 0 Å². The summed E-state index contributed by atoms with van der Waals surface area (Å²) < 4.78 is 31.8. The largest absolute Gasteiger partial charge is 0.377 e. The number of nitrogens with zero attached hydrogens (tertiary/aromatic N) is 4. The summed E-state index contributed by atoms with van der Waals surface area (Å²) in [5, 5.41) is 38.2. The molecule has 16 heteroatoms. The summed E-state index contributed by atoms with van der Waals surface area (Å²) in [5.74, 6) is 3.90. The maximum absolute atomic E-state index is 7.94. The molecule has 5 saturated heterocycles. The van der Waals surface area contributed by atoms with Crippen LogP contribution in [0.2, 0.25) is 0 Å². The van der Waals surface area contributed by atoms with E-state index in [0.717, 1.165) is 51.4 Å². The minimum Gasteiger partial charge on any atom is -0.377 e. The van der Waals surface area contributed by atoms with Crippen LogP contribution < -0.4 is 42.5 Å². The Kier molecular flexibility index (Phi) is 31.9. The maximum Gasteiger partial charge on any atom is 0.0711 e. The first-order valence-electron chi connectivity index (χ1n) is 45.5. The van der Waals surface area contributed by atoms with Crippen LogP contribution in [-0.4, -0.2) is 120 Å². The summed E-state index contributed by atoms with van der Waals surface area (Å²) in [5.41, 5.74) is 5.03. The van der Waals surface area contributed by atoms with Crippen LogP contribution in [0.5, 0.6) is 0 Å². The molecule has 28 atom stereocenters. The second-order valence-electron chi connectivity index (χ2n) is 35.3. The molecule has 0 spiro atoms. The van der Waals surface area contributed by atoms with E-state index in [1.54, 1.807) is 0 Å². The number of hydrogen-bond acceptors (Lipinski definition) is 16. The van der Waals surface area contributed by atoms with E-state index < -0.39 is 0 Å². The lowest BCUT2D eigenvalue weighted by Gasteiger charge is -2.53. The summed E-state index contributed by atoms with van der Waals surface area (Å²) >= 11 is 0. The van der Waals surface area contributed by atoms with Gasteiger partial charge < -0.3 is 18.9 Å². The normalized spacial score (nSPS) is 37.0. The molecule has 8 bridgehead atoms. The average molecular weight is 1490 g/mol. The Hall–Kier alpha value is -3.88. The average Bonchev–Trinajstić information content (AvgIpc) is 1.47. The molecule has 0 aromatic carbocycles. The number of ether oxygens (including phenoxy) is 4. The van der Waals surface area contributed by atoms with Gasteiger partial charge in [-0.3, -0.25) is 62.5 Å². The minimum absolute atomic E-state index is 0.0233. The highest BCUT2D eigenvalue weighted by Crippen LogP contribution is 2.60. The number of hydrogen-bond donors (Lipinski definition) is 8. The van der Waals surface area contributed by atoms with Crippen LogP contribution in [0.4, 0.5) is 0 Å². The number of unbranched alkanes of at least 4 members (excludes halogenated alkanes) is 16. The van der Waals surface area contributed by atoms with Gasteiger partial charge in [0.15, 0.2) is 0 Å². The van der Waals surface area contributed by atoms with Crippen molar-refractivity contribution >= 4 is 0 Å². The molecule has 16 nitrogen and oxygen atoms in total. The van der Waals surface area contributed by atoms with E-state index in [1.165, 1.54) is 176 Å². The first-order valence-corrected chi connectivity index (χ1v) is 45.5. The second kappa shape index (κ2) is 41.9. The molecule has 4 aromatic rings. The molecule has 4 aromatic heterocycles. The lowest BCUT2D eigenvalue weighted by Crippen LogP contribution is -2.62. The van der Waals surface area contributed by atoms with Gasteiger partial charge in [0.25, 0.3) is 0 Å². The van der Waals surface area contributed by atoms with E-state index in [-0.39, 0.29) is 121 Å². The molecule has 4 saturated carbocycles. The van der Waals surface area contributed by atoms with Crippen LogP contribution >= 0.6 is 0 Å². The topological polar surface area (TPSA) is 185 Å². The van der Waals surface area contributed by atoms with Crippen LogP contribution in [0.3, 0.4) is 0 Å². The van der Waals surface area contributed by atoms with Gasteiger partial charge in [-0.1, -0.05) is 209 Å². The highest BCUT2D eigenvalue weighted by atomic mass is 16.5. The molecule has 600 valence electrons. The number of pyridine rings is 4. The van der Waals surface area contributed by atoms with E-state index in [9.17, 15) is 0 Å². The smallest absolute Gasteiger partial charge is 0.0711 e. The third kappa shape index (κ3) is 19.1. The summed E-state index contributed by atoms with van der Waals surface area (Å²) in [6.07, 6.45) is 54.3. The SMILES string of the molecule is CCCCCCC1CCC(CCCCCC)C2C3NC(NC4NC(NC5NC(NC6NC(N3)C3C(OCCCC)C(c7ccncc7)C(c7ccncc7)C(OCCCC)C63)C3C(OCCCC)C(c6ccncc6)C(c6ccncc6)C(OCCCC)C53)C3C(CCCCCC)CCC(CCCCCC)C43)C12. The molecule has 0 amide bonds. The van der Waals surface area contributed by atoms with Crippen molar-refractivity contribution in [2.45, 2.75) is 358 Å². The van der Waals surface area contributed by atoms with E-state index in [2.05, 4.69) is 104 Å². The van der Waals surface area contributed by atoms with Crippen LogP contribution in [-0.2, 0) is 18.9 Å². The van der Waals surface area contributed by atoms with Crippen LogP contribution in [0, 0.1) is 71.0 Å². The van der Waals surface area contributed by atoms with Crippen molar-refractivity contribution in [1.82, 2.24) is 62.5 Å². The monoisotopic (exact) mass is 1490 g/mol. The fourth-order valence-corrected chi connectivity index (χ4v) is 23.8. The summed E-state index contributed by atoms with van der Waals surface area (Å²) in [6.45, 7) is 21.5. The molecule has 8 N–H and O–H groups in total. The van der Waals surface area contributed by atoms with Gasteiger partial charge in [0, 0.05) is 123 Å². The number of aromatic nitrogens is 4. The highest BCUT2D eigenvalue weighted by Gasteiger charge is 2.67. The van der Waals surface area contributed by atoms with Crippen molar-refractivity contribution < 1.29 is 18.9 Å². The lowest BCUT2D eigenvalue weighted by molar-refractivity contribution is -0.132. The van der Waals surface area contributed by atoms with Crippen molar-refractivity contribution in [3.8, 4) is 0 Å². The molecule has 9 heterocycles. The van der Waals surface area contributed by atoms with E-state index >= 15 is 0 Å². The third-order valence-corrected chi connectivity index (χ3v) is 28.7. The van der Waals surface area contributed by atoms with Gasteiger partial charge >= 0.3 is 0 Å². The Morgan fingerprint density at radius 1 is 0.241 bits per heavy atom. The predicted octanol–water partition coefficient (Wildman–Crippen LogP) is 17.7. The zero-order valence-corrected chi connectivity index (χ0v) is 68.3. The summed E-state index contributed by atoms with van der Waals surface area (Å²) in [4.78, 5) is 18.9. The van der Waals surface area contributed by atoms with Crippen molar-refractivity contribution in [1.29, 1.82) is 0 Å². The minimum atomic E-state index is -0.233. The number of nitrogens with one attached hydrogen (secondary N) is 8. The fraction of sp³-hybridized carbons (Fsp3) is 0.783. The molecule has 13 rings (SSSR count). The molecule has 9 fully saturated rings. The van der Waals surface area contributed by atoms with Gasteiger partial charge in [-0.15, -0.1) is 0 Å².